The van der Waals surface area contributed by atoms with Crippen molar-refractivity contribution >= 4 is 21.9 Å². The molecule has 1 N–H and O–H groups in total. The van der Waals surface area contributed by atoms with E-state index < -0.39 is 0 Å². The van der Waals surface area contributed by atoms with Gasteiger partial charge in [-0.25, -0.2) is 0 Å². The highest BCUT2D eigenvalue weighted by atomic mass is 79.9. The Bertz CT molecular complexity index is 188. The number of rotatable bonds is 4. The molecule has 12 heavy (non-hydrogen) atoms. The van der Waals surface area contributed by atoms with Crippen molar-refractivity contribution in [1.29, 1.82) is 0 Å². The van der Waals surface area contributed by atoms with Crippen molar-refractivity contribution in [1.82, 2.24) is 5.32 Å². The molecule has 0 saturated carbocycles. The number of esters is 1. The summed E-state index contributed by atoms with van der Waals surface area (Å²) in [5.41, 5.74) is 0. The Kier molecular flexibility index (Phi) is 5.77. The van der Waals surface area contributed by atoms with E-state index in [1.807, 2.05) is 6.92 Å². The second-order valence-corrected chi connectivity index (χ2v) is 3.39. The maximum Gasteiger partial charge on any atom is 0.320 e. The molecule has 0 bridgehead atoms. The van der Waals surface area contributed by atoms with E-state index in [0.29, 0.717) is 6.54 Å². The SMILES string of the molecule is C#CC(C)NCC(Br)C(=O)OC. The molecule has 2 unspecified atom stereocenters. The fourth-order valence-electron chi connectivity index (χ4n) is 0.550. The van der Waals surface area contributed by atoms with Crippen LogP contribution in [0.1, 0.15) is 6.92 Å². The fraction of sp³-hybridized carbons (Fsp3) is 0.625. The van der Waals surface area contributed by atoms with E-state index in [2.05, 4.69) is 31.9 Å². The minimum absolute atomic E-state index is 0.0327. The molecule has 0 aromatic carbocycles. The first-order valence-corrected chi connectivity index (χ1v) is 4.44. The Labute approximate surface area is 81.0 Å². The van der Waals surface area contributed by atoms with Crippen molar-refractivity contribution in [3.63, 3.8) is 0 Å². The average molecular weight is 234 g/mol. The van der Waals surface area contributed by atoms with E-state index in [4.69, 9.17) is 6.42 Å². The summed E-state index contributed by atoms with van der Waals surface area (Å²) in [6.45, 7) is 2.31. The van der Waals surface area contributed by atoms with Crippen LogP contribution in [0.2, 0.25) is 0 Å². The third-order valence-corrected chi connectivity index (χ3v) is 2.01. The lowest BCUT2D eigenvalue weighted by Gasteiger charge is -2.10. The van der Waals surface area contributed by atoms with Gasteiger partial charge in [0.15, 0.2) is 0 Å². The minimum atomic E-state index is -0.335. The summed E-state index contributed by atoms with van der Waals surface area (Å²) in [6.07, 6.45) is 5.12. The second-order valence-electron chi connectivity index (χ2n) is 2.29. The van der Waals surface area contributed by atoms with E-state index in [9.17, 15) is 4.79 Å². The molecule has 0 radical (unpaired) electrons. The summed E-state index contributed by atoms with van der Waals surface area (Å²) in [5.74, 6) is 2.19. The van der Waals surface area contributed by atoms with E-state index in [0.717, 1.165) is 0 Å². The third kappa shape index (κ3) is 4.37. The Morgan fingerprint density at radius 3 is 2.83 bits per heavy atom. The molecular weight excluding hydrogens is 222 g/mol. The van der Waals surface area contributed by atoms with Crippen LogP contribution in [0.15, 0.2) is 0 Å². The van der Waals surface area contributed by atoms with E-state index >= 15 is 0 Å². The summed E-state index contributed by atoms with van der Waals surface area (Å²) in [7, 11) is 1.35. The molecule has 3 nitrogen and oxygen atoms in total. The van der Waals surface area contributed by atoms with Crippen LogP contribution < -0.4 is 5.32 Å². The van der Waals surface area contributed by atoms with Gasteiger partial charge in [0.1, 0.15) is 4.83 Å². The number of nitrogens with one attached hydrogen (secondary N) is 1. The number of alkyl halides is 1. The molecule has 0 aliphatic rings. The number of terminal acetylenes is 1. The predicted octanol–water partition coefficient (Wildman–Crippen LogP) is 0.534. The zero-order valence-corrected chi connectivity index (χ0v) is 8.72. The smallest absolute Gasteiger partial charge is 0.320 e. The highest BCUT2D eigenvalue weighted by Gasteiger charge is 2.14. The van der Waals surface area contributed by atoms with Gasteiger partial charge in [-0.1, -0.05) is 21.9 Å². The van der Waals surface area contributed by atoms with E-state index in [1.54, 1.807) is 0 Å². The molecule has 0 aromatic rings. The first-order valence-electron chi connectivity index (χ1n) is 3.53. The Balaban J connectivity index is 3.65. The van der Waals surface area contributed by atoms with Crippen LogP contribution >= 0.6 is 15.9 Å². The van der Waals surface area contributed by atoms with Crippen LogP contribution in [-0.4, -0.2) is 30.5 Å². The lowest BCUT2D eigenvalue weighted by atomic mass is 10.3. The Morgan fingerprint density at radius 1 is 1.83 bits per heavy atom. The molecule has 0 heterocycles. The minimum Gasteiger partial charge on any atom is -0.468 e. The van der Waals surface area contributed by atoms with Crippen molar-refractivity contribution < 1.29 is 9.53 Å². The van der Waals surface area contributed by atoms with Crippen LogP contribution in [-0.2, 0) is 9.53 Å². The first-order chi connectivity index (χ1) is 5.61. The van der Waals surface area contributed by atoms with Crippen LogP contribution in [0.25, 0.3) is 0 Å². The largest absolute Gasteiger partial charge is 0.468 e. The molecule has 4 heteroatoms. The van der Waals surface area contributed by atoms with Crippen molar-refractivity contribution in [3.05, 3.63) is 0 Å². The number of hydrogen-bond acceptors (Lipinski definition) is 3. The monoisotopic (exact) mass is 233 g/mol. The van der Waals surface area contributed by atoms with Gasteiger partial charge in [0.25, 0.3) is 0 Å². The van der Waals surface area contributed by atoms with Crippen LogP contribution in [0.3, 0.4) is 0 Å². The third-order valence-electron chi connectivity index (χ3n) is 1.31. The highest BCUT2D eigenvalue weighted by Crippen LogP contribution is 1.99. The number of halogens is 1. The normalized spacial score (nSPS) is 14.5. The van der Waals surface area contributed by atoms with Crippen molar-refractivity contribution in [2.24, 2.45) is 0 Å². The molecular formula is C8H12BrNO2. The van der Waals surface area contributed by atoms with E-state index in [1.165, 1.54) is 7.11 Å². The van der Waals surface area contributed by atoms with Gasteiger partial charge in [-0.05, 0) is 6.92 Å². The molecule has 0 saturated heterocycles. The first kappa shape index (κ1) is 11.5. The summed E-state index contributed by atoms with van der Waals surface area (Å²) in [5, 5.41) is 2.96. The van der Waals surface area contributed by atoms with Gasteiger partial charge in [-0.3, -0.25) is 4.79 Å². The zero-order chi connectivity index (χ0) is 9.56. The van der Waals surface area contributed by atoms with Crippen molar-refractivity contribution in [2.75, 3.05) is 13.7 Å². The molecule has 0 aliphatic heterocycles. The lowest BCUT2D eigenvalue weighted by Crippen LogP contribution is -2.34. The number of hydrogen-bond donors (Lipinski definition) is 1. The van der Waals surface area contributed by atoms with Gasteiger partial charge < -0.3 is 10.1 Å². The molecule has 2 atom stereocenters. The van der Waals surface area contributed by atoms with Crippen molar-refractivity contribution in [2.45, 2.75) is 17.8 Å². The van der Waals surface area contributed by atoms with Gasteiger partial charge in [0.2, 0.25) is 0 Å². The second kappa shape index (κ2) is 6.04. The maximum atomic E-state index is 10.9. The topological polar surface area (TPSA) is 38.3 Å². The zero-order valence-electron chi connectivity index (χ0n) is 7.13. The standard InChI is InChI=1S/C8H12BrNO2/c1-4-6(2)10-5-7(9)8(11)12-3/h1,6-7,10H,5H2,2-3H3. The average Bonchev–Trinajstić information content (AvgIpc) is 2.11. The summed E-state index contributed by atoms with van der Waals surface area (Å²) >= 11 is 3.16. The van der Waals surface area contributed by atoms with Crippen LogP contribution in [0, 0.1) is 12.3 Å². The van der Waals surface area contributed by atoms with Crippen LogP contribution in [0.5, 0.6) is 0 Å². The summed E-state index contributed by atoms with van der Waals surface area (Å²) < 4.78 is 4.50. The molecule has 0 spiro atoms. The van der Waals surface area contributed by atoms with E-state index in [-0.39, 0.29) is 16.8 Å². The molecule has 0 aromatic heterocycles. The van der Waals surface area contributed by atoms with Crippen LogP contribution in [0.4, 0.5) is 0 Å². The van der Waals surface area contributed by atoms with Gasteiger partial charge in [0.05, 0.1) is 13.2 Å². The molecule has 0 amide bonds. The summed E-state index contributed by atoms with van der Waals surface area (Å²) in [6, 6.07) is -0.0327. The number of methoxy groups -OCH3 is 1. The Hall–Kier alpha value is -0.530. The van der Waals surface area contributed by atoms with Gasteiger partial charge in [-0.2, -0.15) is 0 Å². The molecule has 0 aliphatic carbocycles. The van der Waals surface area contributed by atoms with Gasteiger partial charge in [0, 0.05) is 6.54 Å². The van der Waals surface area contributed by atoms with Crippen molar-refractivity contribution in [3.8, 4) is 12.3 Å². The molecule has 0 fully saturated rings. The maximum absolute atomic E-state index is 10.9. The quantitative estimate of drug-likeness (QED) is 0.438. The highest BCUT2D eigenvalue weighted by molar-refractivity contribution is 9.10. The summed E-state index contributed by atoms with van der Waals surface area (Å²) in [4.78, 5) is 10.5. The molecule has 68 valence electrons. The lowest BCUT2D eigenvalue weighted by molar-refractivity contribution is -0.139. The number of ether oxygens (including phenoxy) is 1. The fourth-order valence-corrected chi connectivity index (χ4v) is 0.924. The predicted molar refractivity (Wildman–Crippen MR) is 51.0 cm³/mol. The molecule has 0 rings (SSSR count). The Morgan fingerprint density at radius 2 is 2.42 bits per heavy atom. The number of carbonyl (C=O) groups is 1. The van der Waals surface area contributed by atoms with Gasteiger partial charge in [-0.15, -0.1) is 6.42 Å². The number of carbonyl (C=O) groups excluding carboxylic acids is 1. The van der Waals surface area contributed by atoms with Gasteiger partial charge >= 0.3 is 5.97 Å².